The van der Waals surface area contributed by atoms with Crippen LogP contribution in [-0.2, 0) is 4.79 Å². The fraction of sp³-hybridized carbons (Fsp3) is 0.409. The number of carbonyl (C=O) groups excluding carboxylic acids is 1. The number of nitrogens with one attached hydrogen (secondary N) is 1. The average molecular weight is 402 g/mol. The molecule has 0 aromatic heterocycles. The Morgan fingerprint density at radius 2 is 1.66 bits per heavy atom. The largest absolute Gasteiger partial charge is 0.497 e. The number of ether oxygens (including phenoxy) is 4. The third-order valence-corrected chi connectivity index (χ3v) is 4.83. The third-order valence-electron chi connectivity index (χ3n) is 4.83. The van der Waals surface area contributed by atoms with E-state index in [1.165, 1.54) is 21.3 Å². The predicted molar refractivity (Wildman–Crippen MR) is 113 cm³/mol. The van der Waals surface area contributed by atoms with Gasteiger partial charge < -0.3 is 24.3 Å². The SMILES string of the molecule is CCN(CC(=O)Nc1cc(OC)c(OC)c(OC)c1)C(C)c1cccc(OC)c1. The molecule has 0 aliphatic rings. The van der Waals surface area contributed by atoms with Crippen molar-refractivity contribution in [2.45, 2.75) is 19.9 Å². The summed E-state index contributed by atoms with van der Waals surface area (Å²) in [6, 6.07) is 11.4. The molecule has 2 aromatic rings. The zero-order valence-corrected chi connectivity index (χ0v) is 17.9. The molecule has 158 valence electrons. The summed E-state index contributed by atoms with van der Waals surface area (Å²) < 4.78 is 21.3. The lowest BCUT2D eigenvalue weighted by atomic mass is 10.1. The molecule has 1 unspecified atom stereocenters. The zero-order chi connectivity index (χ0) is 21.4. The summed E-state index contributed by atoms with van der Waals surface area (Å²) in [6.07, 6.45) is 0. The molecule has 0 heterocycles. The molecule has 1 amide bonds. The Balaban J connectivity index is 2.13. The van der Waals surface area contributed by atoms with Crippen molar-refractivity contribution in [3.8, 4) is 23.0 Å². The maximum atomic E-state index is 12.7. The van der Waals surface area contributed by atoms with Gasteiger partial charge in [0.05, 0.1) is 35.0 Å². The Kier molecular flexibility index (Phi) is 8.15. The number of nitrogens with zero attached hydrogens (tertiary/aromatic N) is 1. The molecule has 0 saturated heterocycles. The van der Waals surface area contributed by atoms with Gasteiger partial charge in [-0.25, -0.2) is 0 Å². The average Bonchev–Trinajstić information content (AvgIpc) is 2.76. The van der Waals surface area contributed by atoms with Gasteiger partial charge in [0, 0.05) is 23.9 Å². The van der Waals surface area contributed by atoms with Crippen LogP contribution in [0.4, 0.5) is 5.69 Å². The molecule has 1 N–H and O–H groups in total. The third kappa shape index (κ3) is 5.54. The fourth-order valence-corrected chi connectivity index (χ4v) is 3.17. The highest BCUT2D eigenvalue weighted by Gasteiger charge is 2.19. The summed E-state index contributed by atoms with van der Waals surface area (Å²) in [5.74, 6) is 2.12. The highest BCUT2D eigenvalue weighted by molar-refractivity contribution is 5.93. The minimum absolute atomic E-state index is 0.0563. The molecule has 1 atom stereocenters. The molecule has 0 fully saturated rings. The standard InChI is InChI=1S/C22H30N2O5/c1-7-24(15(2)16-9-8-10-18(11-16)26-3)14-21(25)23-17-12-19(27-4)22(29-6)20(13-17)28-5/h8-13,15H,7,14H2,1-6H3,(H,23,25). The number of rotatable bonds is 10. The number of anilines is 1. The summed E-state index contributed by atoms with van der Waals surface area (Å²) in [6.45, 7) is 5.07. The molecular formula is C22H30N2O5. The smallest absolute Gasteiger partial charge is 0.238 e. The van der Waals surface area contributed by atoms with E-state index in [0.717, 1.165) is 17.9 Å². The van der Waals surface area contributed by atoms with Crippen LogP contribution in [0.2, 0.25) is 0 Å². The first kappa shape index (κ1) is 22.4. The van der Waals surface area contributed by atoms with E-state index >= 15 is 0 Å². The Labute approximate surface area is 172 Å². The van der Waals surface area contributed by atoms with Crippen molar-refractivity contribution < 1.29 is 23.7 Å². The second kappa shape index (κ2) is 10.6. The lowest BCUT2D eigenvalue weighted by Gasteiger charge is -2.28. The van der Waals surface area contributed by atoms with Gasteiger partial charge in [0.1, 0.15) is 5.75 Å². The molecule has 0 bridgehead atoms. The molecule has 0 aliphatic carbocycles. The van der Waals surface area contributed by atoms with Gasteiger partial charge in [-0.3, -0.25) is 9.69 Å². The Morgan fingerprint density at radius 3 is 2.17 bits per heavy atom. The molecule has 29 heavy (non-hydrogen) atoms. The highest BCUT2D eigenvalue weighted by Crippen LogP contribution is 2.39. The number of hydrogen-bond donors (Lipinski definition) is 1. The first-order valence-corrected chi connectivity index (χ1v) is 9.45. The predicted octanol–water partition coefficient (Wildman–Crippen LogP) is 3.74. The van der Waals surface area contributed by atoms with Crippen LogP contribution in [0.3, 0.4) is 0 Å². The number of hydrogen-bond acceptors (Lipinski definition) is 6. The molecule has 7 nitrogen and oxygen atoms in total. The summed E-state index contributed by atoms with van der Waals surface area (Å²) in [4.78, 5) is 14.8. The molecule has 0 saturated carbocycles. The van der Waals surface area contributed by atoms with Gasteiger partial charge in [0.25, 0.3) is 0 Å². The Bertz CT molecular complexity index is 800. The number of likely N-dealkylation sites (N-methyl/N-ethyl adjacent to an activating group) is 1. The minimum Gasteiger partial charge on any atom is -0.497 e. The van der Waals surface area contributed by atoms with E-state index in [9.17, 15) is 4.79 Å². The van der Waals surface area contributed by atoms with E-state index < -0.39 is 0 Å². The minimum atomic E-state index is -0.129. The molecule has 0 radical (unpaired) electrons. The van der Waals surface area contributed by atoms with Gasteiger partial charge in [-0.15, -0.1) is 0 Å². The van der Waals surface area contributed by atoms with Gasteiger partial charge in [-0.05, 0) is 31.2 Å². The van der Waals surface area contributed by atoms with E-state index in [4.69, 9.17) is 18.9 Å². The van der Waals surface area contributed by atoms with Crippen molar-refractivity contribution >= 4 is 11.6 Å². The van der Waals surface area contributed by atoms with Crippen molar-refractivity contribution in [2.24, 2.45) is 0 Å². The summed E-state index contributed by atoms with van der Waals surface area (Å²) in [7, 11) is 6.26. The highest BCUT2D eigenvalue weighted by atomic mass is 16.5. The van der Waals surface area contributed by atoms with Gasteiger partial charge in [0.2, 0.25) is 11.7 Å². The maximum absolute atomic E-state index is 12.7. The summed E-state index contributed by atoms with van der Waals surface area (Å²) >= 11 is 0. The van der Waals surface area contributed by atoms with Gasteiger partial charge in [-0.1, -0.05) is 19.1 Å². The Hall–Kier alpha value is -2.93. The number of benzene rings is 2. The lowest BCUT2D eigenvalue weighted by molar-refractivity contribution is -0.117. The van der Waals surface area contributed by atoms with Crippen molar-refractivity contribution in [2.75, 3.05) is 46.8 Å². The summed E-state index contributed by atoms with van der Waals surface area (Å²) in [5.41, 5.74) is 1.67. The maximum Gasteiger partial charge on any atom is 0.238 e. The molecule has 0 aliphatic heterocycles. The van der Waals surface area contributed by atoms with Crippen molar-refractivity contribution in [1.82, 2.24) is 4.90 Å². The summed E-state index contributed by atoms with van der Waals surface area (Å²) in [5, 5.41) is 2.92. The molecule has 2 rings (SSSR count). The van der Waals surface area contributed by atoms with Crippen LogP contribution < -0.4 is 24.3 Å². The van der Waals surface area contributed by atoms with Gasteiger partial charge in [0.15, 0.2) is 11.5 Å². The zero-order valence-electron chi connectivity index (χ0n) is 17.9. The molecule has 2 aromatic carbocycles. The lowest BCUT2D eigenvalue weighted by Crippen LogP contribution is -2.35. The first-order chi connectivity index (χ1) is 14.0. The second-order valence-corrected chi connectivity index (χ2v) is 6.48. The van der Waals surface area contributed by atoms with Crippen LogP contribution in [0.15, 0.2) is 36.4 Å². The fourth-order valence-electron chi connectivity index (χ4n) is 3.17. The van der Waals surface area contributed by atoms with Crippen LogP contribution in [0.1, 0.15) is 25.5 Å². The van der Waals surface area contributed by atoms with Crippen molar-refractivity contribution in [1.29, 1.82) is 0 Å². The normalized spacial score (nSPS) is 11.7. The number of amides is 1. The van der Waals surface area contributed by atoms with E-state index in [1.807, 2.05) is 31.2 Å². The molecule has 7 heteroatoms. The quantitative estimate of drug-likeness (QED) is 0.653. The van der Waals surface area contributed by atoms with Crippen LogP contribution in [-0.4, -0.2) is 52.3 Å². The van der Waals surface area contributed by atoms with E-state index in [0.29, 0.717) is 22.9 Å². The van der Waals surface area contributed by atoms with Crippen LogP contribution in [0.25, 0.3) is 0 Å². The second-order valence-electron chi connectivity index (χ2n) is 6.48. The van der Waals surface area contributed by atoms with E-state index in [1.54, 1.807) is 19.2 Å². The Morgan fingerprint density at radius 1 is 1.00 bits per heavy atom. The van der Waals surface area contributed by atoms with Crippen LogP contribution in [0.5, 0.6) is 23.0 Å². The number of carbonyl (C=O) groups is 1. The monoisotopic (exact) mass is 402 g/mol. The number of methoxy groups -OCH3 is 4. The van der Waals surface area contributed by atoms with E-state index in [-0.39, 0.29) is 18.5 Å². The molecular weight excluding hydrogens is 372 g/mol. The van der Waals surface area contributed by atoms with Crippen LogP contribution in [0, 0.1) is 0 Å². The topological polar surface area (TPSA) is 69.3 Å². The van der Waals surface area contributed by atoms with Gasteiger partial charge >= 0.3 is 0 Å². The first-order valence-electron chi connectivity index (χ1n) is 9.45. The van der Waals surface area contributed by atoms with Crippen molar-refractivity contribution in [3.05, 3.63) is 42.0 Å². The van der Waals surface area contributed by atoms with Crippen LogP contribution >= 0.6 is 0 Å². The van der Waals surface area contributed by atoms with E-state index in [2.05, 4.69) is 17.1 Å². The molecule has 0 spiro atoms. The van der Waals surface area contributed by atoms with Gasteiger partial charge in [-0.2, -0.15) is 0 Å². The van der Waals surface area contributed by atoms with Crippen molar-refractivity contribution in [3.63, 3.8) is 0 Å².